The van der Waals surface area contributed by atoms with Crippen LogP contribution in [0.15, 0.2) is 24.4 Å². The van der Waals surface area contributed by atoms with Crippen LogP contribution in [0, 0.1) is 0 Å². The van der Waals surface area contributed by atoms with Crippen LogP contribution >= 0.6 is 0 Å². The van der Waals surface area contributed by atoms with Gasteiger partial charge in [0, 0.05) is 6.20 Å². The molecule has 68 valence electrons. The zero-order valence-electron chi connectivity index (χ0n) is 6.52. The van der Waals surface area contributed by atoms with Crippen molar-refractivity contribution in [3.63, 3.8) is 0 Å². The molecule has 0 aliphatic rings. The van der Waals surface area contributed by atoms with Crippen LogP contribution in [0.2, 0.25) is 0 Å². The van der Waals surface area contributed by atoms with Gasteiger partial charge in [-0.3, -0.25) is 15.6 Å². The van der Waals surface area contributed by atoms with Gasteiger partial charge in [0.25, 0.3) is 0 Å². The van der Waals surface area contributed by atoms with E-state index in [1.807, 2.05) is 5.43 Å². The first-order chi connectivity index (χ1) is 6.20. The zero-order chi connectivity index (χ0) is 9.68. The number of carbonyl (C=O) groups excluding carboxylic acids is 1. The zero-order valence-corrected chi connectivity index (χ0v) is 6.52. The van der Waals surface area contributed by atoms with E-state index >= 15 is 0 Å². The second-order valence-corrected chi connectivity index (χ2v) is 2.10. The fourth-order valence-corrected chi connectivity index (χ4v) is 0.611. The Morgan fingerprint density at radius 1 is 1.38 bits per heavy atom. The summed E-state index contributed by atoms with van der Waals surface area (Å²) in [6, 6.07) is 4.98. The molecule has 0 saturated heterocycles. The second-order valence-electron chi connectivity index (χ2n) is 2.10. The third-order valence-electron chi connectivity index (χ3n) is 1.16. The largest absolute Gasteiger partial charge is 0.474 e. The van der Waals surface area contributed by atoms with Crippen molar-refractivity contribution < 1.29 is 14.7 Å². The minimum atomic E-state index is -1.55. The predicted octanol–water partition coefficient (Wildman–Crippen LogP) is -0.391. The first-order valence-corrected chi connectivity index (χ1v) is 3.40. The van der Waals surface area contributed by atoms with Gasteiger partial charge < -0.3 is 5.11 Å². The van der Waals surface area contributed by atoms with E-state index in [0.29, 0.717) is 5.82 Å². The number of hydrazine groups is 1. The summed E-state index contributed by atoms with van der Waals surface area (Å²) in [6.07, 6.45) is 1.51. The van der Waals surface area contributed by atoms with Crippen molar-refractivity contribution in [1.82, 2.24) is 10.4 Å². The topological polar surface area (TPSA) is 91.3 Å². The van der Waals surface area contributed by atoms with Gasteiger partial charge >= 0.3 is 11.9 Å². The predicted molar refractivity (Wildman–Crippen MR) is 43.6 cm³/mol. The molecule has 1 rings (SSSR count). The Morgan fingerprint density at radius 3 is 2.69 bits per heavy atom. The highest BCUT2D eigenvalue weighted by atomic mass is 16.4. The number of amides is 1. The lowest BCUT2D eigenvalue weighted by Gasteiger charge is -2.03. The van der Waals surface area contributed by atoms with Crippen molar-refractivity contribution in [3.05, 3.63) is 24.4 Å². The van der Waals surface area contributed by atoms with Crippen LogP contribution in [0.25, 0.3) is 0 Å². The van der Waals surface area contributed by atoms with Gasteiger partial charge in [-0.05, 0) is 12.1 Å². The summed E-state index contributed by atoms with van der Waals surface area (Å²) >= 11 is 0. The van der Waals surface area contributed by atoms with Crippen LogP contribution < -0.4 is 10.9 Å². The lowest BCUT2D eigenvalue weighted by atomic mass is 10.5. The molecule has 0 unspecified atom stereocenters. The van der Waals surface area contributed by atoms with Crippen LogP contribution in [0.4, 0.5) is 5.82 Å². The fraction of sp³-hybridized carbons (Fsp3) is 0. The number of hydrogen-bond acceptors (Lipinski definition) is 4. The average Bonchev–Trinajstić information content (AvgIpc) is 2.15. The van der Waals surface area contributed by atoms with Crippen LogP contribution in [-0.4, -0.2) is 22.0 Å². The molecule has 1 heterocycles. The SMILES string of the molecule is O=C(O)C(=O)NNc1ccccn1. The number of rotatable bonds is 2. The maximum absolute atomic E-state index is 10.5. The van der Waals surface area contributed by atoms with Crippen LogP contribution in [-0.2, 0) is 9.59 Å². The molecule has 1 amide bonds. The molecule has 0 spiro atoms. The van der Waals surface area contributed by atoms with E-state index in [1.54, 1.807) is 18.2 Å². The van der Waals surface area contributed by atoms with E-state index in [-0.39, 0.29) is 0 Å². The van der Waals surface area contributed by atoms with E-state index < -0.39 is 11.9 Å². The van der Waals surface area contributed by atoms with Crippen molar-refractivity contribution in [2.45, 2.75) is 0 Å². The molecule has 1 aromatic heterocycles. The number of hydrogen-bond donors (Lipinski definition) is 3. The van der Waals surface area contributed by atoms with Crippen molar-refractivity contribution in [2.24, 2.45) is 0 Å². The summed E-state index contributed by atoms with van der Waals surface area (Å²) in [5.74, 6) is -2.31. The molecule has 1 aromatic rings. The van der Waals surface area contributed by atoms with Crippen LogP contribution in [0.1, 0.15) is 0 Å². The number of pyridine rings is 1. The van der Waals surface area contributed by atoms with Gasteiger partial charge in [-0.1, -0.05) is 6.07 Å². The molecule has 0 saturated carbocycles. The number of aliphatic carboxylic acids is 1. The number of carboxylic acids is 1. The van der Waals surface area contributed by atoms with E-state index in [0.717, 1.165) is 0 Å². The van der Waals surface area contributed by atoms with Crippen molar-refractivity contribution in [3.8, 4) is 0 Å². The summed E-state index contributed by atoms with van der Waals surface area (Å²) in [5, 5.41) is 8.19. The molecule has 6 heteroatoms. The van der Waals surface area contributed by atoms with Gasteiger partial charge in [0.2, 0.25) is 0 Å². The fourth-order valence-electron chi connectivity index (χ4n) is 0.611. The Labute approximate surface area is 73.6 Å². The summed E-state index contributed by atoms with van der Waals surface area (Å²) in [7, 11) is 0. The summed E-state index contributed by atoms with van der Waals surface area (Å²) < 4.78 is 0. The van der Waals surface area contributed by atoms with E-state index in [2.05, 4.69) is 10.4 Å². The lowest BCUT2D eigenvalue weighted by molar-refractivity contribution is -0.149. The normalized spacial score (nSPS) is 8.92. The molecule has 3 N–H and O–H groups in total. The Balaban J connectivity index is 2.44. The van der Waals surface area contributed by atoms with E-state index in [9.17, 15) is 9.59 Å². The minimum absolute atomic E-state index is 0.372. The number of carbonyl (C=O) groups is 2. The third-order valence-corrected chi connectivity index (χ3v) is 1.16. The Morgan fingerprint density at radius 2 is 2.15 bits per heavy atom. The molecule has 0 atom stereocenters. The first kappa shape index (κ1) is 8.98. The standard InChI is InChI=1S/C7H7N3O3/c11-6(7(12)13)10-9-5-3-1-2-4-8-5/h1-4H,(H,8,9)(H,10,11)(H,12,13). The van der Waals surface area contributed by atoms with Gasteiger partial charge in [-0.2, -0.15) is 0 Å². The second kappa shape index (κ2) is 4.05. The lowest BCUT2D eigenvalue weighted by Crippen LogP contribution is -2.35. The summed E-state index contributed by atoms with van der Waals surface area (Å²) in [4.78, 5) is 24.4. The molecular weight excluding hydrogens is 174 g/mol. The maximum atomic E-state index is 10.5. The third kappa shape index (κ3) is 2.78. The first-order valence-electron chi connectivity index (χ1n) is 3.40. The number of aromatic nitrogens is 1. The van der Waals surface area contributed by atoms with E-state index in [1.165, 1.54) is 6.20 Å². The molecule has 0 aliphatic heterocycles. The highest BCUT2D eigenvalue weighted by Crippen LogP contribution is 1.96. The Hall–Kier alpha value is -2.11. The Bertz CT molecular complexity index is 312. The molecule has 0 radical (unpaired) electrons. The minimum Gasteiger partial charge on any atom is -0.474 e. The number of nitrogens with one attached hydrogen (secondary N) is 2. The van der Waals surface area contributed by atoms with E-state index in [4.69, 9.17) is 5.11 Å². The van der Waals surface area contributed by atoms with Crippen molar-refractivity contribution in [2.75, 3.05) is 5.43 Å². The molecule has 13 heavy (non-hydrogen) atoms. The number of anilines is 1. The summed E-state index contributed by atoms with van der Waals surface area (Å²) in [6.45, 7) is 0. The molecule has 6 nitrogen and oxygen atoms in total. The Kier molecular flexibility index (Phi) is 2.80. The van der Waals surface area contributed by atoms with Crippen molar-refractivity contribution in [1.29, 1.82) is 0 Å². The van der Waals surface area contributed by atoms with Crippen molar-refractivity contribution >= 4 is 17.7 Å². The van der Waals surface area contributed by atoms with Gasteiger partial charge in [0.05, 0.1) is 0 Å². The quantitative estimate of drug-likeness (QED) is 0.427. The molecule has 0 fully saturated rings. The smallest absolute Gasteiger partial charge is 0.396 e. The molecule has 0 bridgehead atoms. The number of nitrogens with zero attached hydrogens (tertiary/aromatic N) is 1. The van der Waals surface area contributed by atoms with Gasteiger partial charge in [0.15, 0.2) is 0 Å². The number of carboxylic acid groups (broad SMARTS) is 1. The summed E-state index contributed by atoms with van der Waals surface area (Å²) in [5.41, 5.74) is 4.28. The molecule has 0 aromatic carbocycles. The highest BCUT2D eigenvalue weighted by molar-refractivity contribution is 6.31. The van der Waals surface area contributed by atoms with Gasteiger partial charge in [0.1, 0.15) is 5.82 Å². The highest BCUT2D eigenvalue weighted by Gasteiger charge is 2.09. The van der Waals surface area contributed by atoms with Crippen LogP contribution in [0.3, 0.4) is 0 Å². The average molecular weight is 181 g/mol. The van der Waals surface area contributed by atoms with Crippen LogP contribution in [0.5, 0.6) is 0 Å². The monoisotopic (exact) mass is 181 g/mol. The molecule has 0 aliphatic carbocycles. The van der Waals surface area contributed by atoms with Gasteiger partial charge in [-0.25, -0.2) is 9.78 Å². The molecular formula is C7H7N3O3. The van der Waals surface area contributed by atoms with Gasteiger partial charge in [-0.15, -0.1) is 0 Å². The maximum Gasteiger partial charge on any atom is 0.396 e.